The number of imidazole rings is 1. The number of carboxylic acids is 1. The minimum absolute atomic E-state index is 0.0291. The third-order valence-corrected chi connectivity index (χ3v) is 2.44. The predicted octanol–water partition coefficient (Wildman–Crippen LogP) is -0.594. The first kappa shape index (κ1) is 15.0. The molecule has 0 saturated heterocycles. The maximum absolute atomic E-state index is 11.6. The van der Waals surface area contributed by atoms with E-state index in [2.05, 4.69) is 15.6 Å². The van der Waals surface area contributed by atoms with Gasteiger partial charge >= 0.3 is 12.0 Å². The molecule has 1 heterocycles. The molecule has 1 rings (SSSR count). The minimum Gasteiger partial charge on any atom is -0.480 e. The molecule has 0 spiro atoms. The highest BCUT2D eigenvalue weighted by molar-refractivity contribution is 5.82. The lowest BCUT2D eigenvalue weighted by atomic mass is 10.2. The second-order valence-corrected chi connectivity index (χ2v) is 4.18. The molecule has 2 amide bonds. The SMILES string of the molecule is CC(Cn1ccnc1)NC(=O)N[C@H](CCO)C(=O)O. The van der Waals surface area contributed by atoms with Crippen LogP contribution in [0.2, 0.25) is 0 Å². The Morgan fingerprint density at radius 1 is 1.42 bits per heavy atom. The first-order chi connectivity index (χ1) is 9.02. The normalized spacial score (nSPS) is 13.6. The van der Waals surface area contributed by atoms with Gasteiger partial charge in [0.05, 0.1) is 6.33 Å². The summed E-state index contributed by atoms with van der Waals surface area (Å²) < 4.78 is 1.80. The lowest BCUT2D eigenvalue weighted by Crippen LogP contribution is -2.49. The van der Waals surface area contributed by atoms with Crippen LogP contribution in [-0.4, -0.2) is 50.5 Å². The largest absolute Gasteiger partial charge is 0.480 e. The van der Waals surface area contributed by atoms with Crippen LogP contribution >= 0.6 is 0 Å². The van der Waals surface area contributed by atoms with E-state index in [-0.39, 0.29) is 19.1 Å². The molecule has 1 unspecified atom stereocenters. The van der Waals surface area contributed by atoms with Gasteiger partial charge in [-0.1, -0.05) is 0 Å². The van der Waals surface area contributed by atoms with Gasteiger partial charge in [0, 0.05) is 38.0 Å². The molecule has 0 aliphatic heterocycles. The average molecular weight is 270 g/mol. The highest BCUT2D eigenvalue weighted by Crippen LogP contribution is 1.94. The van der Waals surface area contributed by atoms with Crippen molar-refractivity contribution in [3.63, 3.8) is 0 Å². The van der Waals surface area contributed by atoms with E-state index in [1.165, 1.54) is 0 Å². The molecular weight excluding hydrogens is 252 g/mol. The van der Waals surface area contributed by atoms with Crippen molar-refractivity contribution >= 4 is 12.0 Å². The van der Waals surface area contributed by atoms with Gasteiger partial charge in [-0.15, -0.1) is 0 Å². The van der Waals surface area contributed by atoms with Crippen LogP contribution in [0.25, 0.3) is 0 Å². The summed E-state index contributed by atoms with van der Waals surface area (Å²) in [4.78, 5) is 26.3. The molecule has 0 aliphatic rings. The highest BCUT2D eigenvalue weighted by atomic mass is 16.4. The predicted molar refractivity (Wildman–Crippen MR) is 66.5 cm³/mol. The number of aliphatic hydroxyl groups excluding tert-OH is 1. The Labute approximate surface area is 110 Å². The van der Waals surface area contributed by atoms with E-state index in [0.717, 1.165) is 0 Å². The number of aliphatic hydroxyl groups is 1. The van der Waals surface area contributed by atoms with Crippen LogP contribution in [0.3, 0.4) is 0 Å². The van der Waals surface area contributed by atoms with Gasteiger partial charge in [0.15, 0.2) is 0 Å². The third-order valence-electron chi connectivity index (χ3n) is 2.44. The number of nitrogens with zero attached hydrogens (tertiary/aromatic N) is 2. The Kier molecular flexibility index (Phi) is 5.80. The van der Waals surface area contributed by atoms with Crippen LogP contribution < -0.4 is 10.6 Å². The van der Waals surface area contributed by atoms with Crippen LogP contribution in [0, 0.1) is 0 Å². The Morgan fingerprint density at radius 3 is 2.68 bits per heavy atom. The van der Waals surface area contributed by atoms with Crippen molar-refractivity contribution in [2.45, 2.75) is 32.0 Å². The summed E-state index contributed by atoms with van der Waals surface area (Å²) in [7, 11) is 0. The molecule has 2 atom stereocenters. The van der Waals surface area contributed by atoms with Gasteiger partial charge in [-0.3, -0.25) is 0 Å². The molecule has 1 aromatic rings. The average Bonchev–Trinajstić information content (AvgIpc) is 2.80. The van der Waals surface area contributed by atoms with Crippen LogP contribution in [0.15, 0.2) is 18.7 Å². The number of carbonyl (C=O) groups excluding carboxylic acids is 1. The first-order valence-corrected chi connectivity index (χ1v) is 5.89. The number of hydrogen-bond acceptors (Lipinski definition) is 4. The molecule has 0 fully saturated rings. The van der Waals surface area contributed by atoms with Crippen molar-refractivity contribution in [1.29, 1.82) is 0 Å². The molecule has 0 aliphatic carbocycles. The Hall–Kier alpha value is -2.09. The second kappa shape index (κ2) is 7.37. The molecule has 0 saturated carbocycles. The molecule has 8 nitrogen and oxygen atoms in total. The zero-order valence-corrected chi connectivity index (χ0v) is 10.6. The zero-order valence-electron chi connectivity index (χ0n) is 10.6. The van der Waals surface area contributed by atoms with E-state index >= 15 is 0 Å². The molecule has 0 aromatic carbocycles. The summed E-state index contributed by atoms with van der Waals surface area (Å²) in [5.74, 6) is -1.17. The molecule has 106 valence electrons. The molecule has 1 aromatic heterocycles. The maximum atomic E-state index is 11.6. The number of aliphatic carboxylic acids is 1. The zero-order chi connectivity index (χ0) is 14.3. The van der Waals surface area contributed by atoms with Crippen LogP contribution in [0.1, 0.15) is 13.3 Å². The van der Waals surface area contributed by atoms with Gasteiger partial charge in [0.2, 0.25) is 0 Å². The fourth-order valence-corrected chi connectivity index (χ4v) is 1.57. The number of rotatable bonds is 7. The van der Waals surface area contributed by atoms with E-state index in [4.69, 9.17) is 10.2 Å². The summed E-state index contributed by atoms with van der Waals surface area (Å²) in [6.07, 6.45) is 5.00. The maximum Gasteiger partial charge on any atom is 0.326 e. The fraction of sp³-hybridized carbons (Fsp3) is 0.545. The van der Waals surface area contributed by atoms with Crippen molar-refractivity contribution in [1.82, 2.24) is 20.2 Å². The number of amides is 2. The van der Waals surface area contributed by atoms with E-state index in [0.29, 0.717) is 6.54 Å². The Morgan fingerprint density at radius 2 is 2.16 bits per heavy atom. The summed E-state index contributed by atoms with van der Waals surface area (Å²) in [5, 5.41) is 22.4. The second-order valence-electron chi connectivity index (χ2n) is 4.18. The van der Waals surface area contributed by atoms with Crippen molar-refractivity contribution in [3.05, 3.63) is 18.7 Å². The lowest BCUT2D eigenvalue weighted by Gasteiger charge is -2.18. The monoisotopic (exact) mass is 270 g/mol. The van der Waals surface area contributed by atoms with Crippen molar-refractivity contribution in [2.75, 3.05) is 6.61 Å². The molecule has 8 heteroatoms. The molecule has 0 bridgehead atoms. The molecular formula is C11H18N4O4. The summed E-state index contributed by atoms with van der Waals surface area (Å²) in [6.45, 7) is 2.02. The molecule has 0 radical (unpaired) electrons. The van der Waals surface area contributed by atoms with E-state index < -0.39 is 18.0 Å². The smallest absolute Gasteiger partial charge is 0.326 e. The Bertz CT molecular complexity index is 407. The first-order valence-electron chi connectivity index (χ1n) is 5.89. The summed E-state index contributed by atoms with van der Waals surface area (Å²) in [6, 6.07) is -1.85. The summed E-state index contributed by atoms with van der Waals surface area (Å²) in [5.41, 5.74) is 0. The number of carbonyl (C=O) groups is 2. The van der Waals surface area contributed by atoms with Gasteiger partial charge in [0.25, 0.3) is 0 Å². The summed E-state index contributed by atoms with van der Waals surface area (Å²) >= 11 is 0. The van der Waals surface area contributed by atoms with Crippen molar-refractivity contribution in [3.8, 4) is 0 Å². The molecule has 19 heavy (non-hydrogen) atoms. The van der Waals surface area contributed by atoms with Crippen LogP contribution in [-0.2, 0) is 11.3 Å². The number of nitrogens with one attached hydrogen (secondary N) is 2. The number of carboxylic acid groups (broad SMARTS) is 1. The van der Waals surface area contributed by atoms with Gasteiger partial charge in [0.1, 0.15) is 6.04 Å². The van der Waals surface area contributed by atoms with Gasteiger partial charge < -0.3 is 25.4 Å². The van der Waals surface area contributed by atoms with Gasteiger partial charge in [-0.2, -0.15) is 0 Å². The number of aromatic nitrogens is 2. The van der Waals surface area contributed by atoms with Gasteiger partial charge in [-0.05, 0) is 6.92 Å². The van der Waals surface area contributed by atoms with Crippen molar-refractivity contribution in [2.24, 2.45) is 0 Å². The molecule has 4 N–H and O–H groups in total. The third kappa shape index (κ3) is 5.38. The minimum atomic E-state index is -1.17. The topological polar surface area (TPSA) is 116 Å². The highest BCUT2D eigenvalue weighted by Gasteiger charge is 2.19. The van der Waals surface area contributed by atoms with Crippen LogP contribution in [0.5, 0.6) is 0 Å². The standard InChI is InChI=1S/C11H18N4O4/c1-8(6-15-4-3-12-7-15)13-11(19)14-9(2-5-16)10(17)18/h3-4,7-9,16H,2,5-6H2,1H3,(H,17,18)(H2,13,14,19)/t8?,9-/m1/s1. The lowest BCUT2D eigenvalue weighted by molar-refractivity contribution is -0.139. The quantitative estimate of drug-likeness (QED) is 0.528. The van der Waals surface area contributed by atoms with E-state index in [9.17, 15) is 9.59 Å². The van der Waals surface area contributed by atoms with Gasteiger partial charge in [-0.25, -0.2) is 14.6 Å². The van der Waals surface area contributed by atoms with Crippen LogP contribution in [0.4, 0.5) is 4.79 Å². The Balaban J connectivity index is 2.38. The van der Waals surface area contributed by atoms with E-state index in [1.54, 1.807) is 30.2 Å². The fourth-order valence-electron chi connectivity index (χ4n) is 1.57. The van der Waals surface area contributed by atoms with E-state index in [1.807, 2.05) is 0 Å². The number of urea groups is 1. The van der Waals surface area contributed by atoms with Crippen molar-refractivity contribution < 1.29 is 19.8 Å². The number of hydrogen-bond donors (Lipinski definition) is 4.